The minimum atomic E-state index is 0.255. The largest absolute Gasteiger partial charge is 0.324 e. The van der Waals surface area contributed by atoms with E-state index in [1.807, 2.05) is 11.8 Å². The summed E-state index contributed by atoms with van der Waals surface area (Å²) in [4.78, 5) is 0. The molecule has 0 heterocycles. The molecule has 0 saturated heterocycles. The van der Waals surface area contributed by atoms with Gasteiger partial charge in [0.25, 0.3) is 0 Å². The van der Waals surface area contributed by atoms with Crippen molar-refractivity contribution in [3.8, 4) is 0 Å². The van der Waals surface area contributed by atoms with Crippen LogP contribution in [0.2, 0.25) is 0 Å². The fourth-order valence-corrected chi connectivity index (χ4v) is 3.21. The number of rotatable bonds is 3. The van der Waals surface area contributed by atoms with Gasteiger partial charge >= 0.3 is 0 Å². The zero-order chi connectivity index (χ0) is 11.4. The molecule has 1 aliphatic carbocycles. The van der Waals surface area contributed by atoms with Crippen LogP contribution in [0.3, 0.4) is 0 Å². The standard InChI is InChI=1S/C14H21NS/c1-16-10-9-12-7-4-6-11-5-2-3-8-13(11)14(12)15/h2-3,5,8,12,14H,4,6-7,9-10,15H2,1H3. The first kappa shape index (κ1) is 12.0. The molecule has 0 aliphatic heterocycles. The lowest BCUT2D eigenvalue weighted by Gasteiger charge is -2.22. The molecule has 2 heteroatoms. The summed E-state index contributed by atoms with van der Waals surface area (Å²) in [7, 11) is 0. The maximum atomic E-state index is 6.42. The molecule has 1 aromatic rings. The van der Waals surface area contributed by atoms with Crippen LogP contribution >= 0.6 is 11.8 Å². The van der Waals surface area contributed by atoms with Crippen LogP contribution in [0.25, 0.3) is 0 Å². The zero-order valence-corrected chi connectivity index (χ0v) is 10.8. The van der Waals surface area contributed by atoms with E-state index in [2.05, 4.69) is 30.5 Å². The smallest absolute Gasteiger partial charge is 0.0326 e. The molecular weight excluding hydrogens is 214 g/mol. The Morgan fingerprint density at radius 3 is 3.00 bits per heavy atom. The first-order valence-electron chi connectivity index (χ1n) is 6.15. The Morgan fingerprint density at radius 1 is 1.38 bits per heavy atom. The van der Waals surface area contributed by atoms with Crippen molar-refractivity contribution in [3.63, 3.8) is 0 Å². The van der Waals surface area contributed by atoms with Crippen molar-refractivity contribution in [2.45, 2.75) is 31.7 Å². The minimum absolute atomic E-state index is 0.255. The van der Waals surface area contributed by atoms with Gasteiger partial charge in [0.05, 0.1) is 0 Å². The summed E-state index contributed by atoms with van der Waals surface area (Å²) in [6.45, 7) is 0. The van der Waals surface area contributed by atoms with E-state index in [1.165, 1.54) is 42.6 Å². The fourth-order valence-electron chi connectivity index (χ4n) is 2.67. The molecule has 0 radical (unpaired) electrons. The van der Waals surface area contributed by atoms with Gasteiger partial charge in [0.2, 0.25) is 0 Å². The molecule has 1 aliphatic rings. The van der Waals surface area contributed by atoms with E-state index >= 15 is 0 Å². The van der Waals surface area contributed by atoms with Crippen molar-refractivity contribution in [1.29, 1.82) is 0 Å². The normalized spacial score (nSPS) is 24.9. The van der Waals surface area contributed by atoms with Gasteiger partial charge in [0.1, 0.15) is 0 Å². The Balaban J connectivity index is 2.16. The van der Waals surface area contributed by atoms with Crippen molar-refractivity contribution in [2.24, 2.45) is 11.7 Å². The molecule has 0 spiro atoms. The van der Waals surface area contributed by atoms with Crippen molar-refractivity contribution in [3.05, 3.63) is 35.4 Å². The van der Waals surface area contributed by atoms with Gasteiger partial charge in [-0.05, 0) is 54.7 Å². The van der Waals surface area contributed by atoms with Crippen LogP contribution in [0.5, 0.6) is 0 Å². The maximum Gasteiger partial charge on any atom is 0.0326 e. The summed E-state index contributed by atoms with van der Waals surface area (Å²) in [6.07, 6.45) is 7.23. The number of hydrogen-bond acceptors (Lipinski definition) is 2. The highest BCUT2D eigenvalue weighted by atomic mass is 32.2. The van der Waals surface area contributed by atoms with E-state index in [0.29, 0.717) is 5.92 Å². The number of benzene rings is 1. The highest BCUT2D eigenvalue weighted by Gasteiger charge is 2.23. The topological polar surface area (TPSA) is 26.0 Å². The third-order valence-corrected chi connectivity index (χ3v) is 4.28. The lowest BCUT2D eigenvalue weighted by molar-refractivity contribution is 0.395. The van der Waals surface area contributed by atoms with Crippen LogP contribution in [0.15, 0.2) is 24.3 Å². The van der Waals surface area contributed by atoms with E-state index in [4.69, 9.17) is 5.73 Å². The Kier molecular flexibility index (Phi) is 4.30. The summed E-state index contributed by atoms with van der Waals surface area (Å²) < 4.78 is 0. The first-order valence-corrected chi connectivity index (χ1v) is 7.54. The molecule has 0 saturated carbocycles. The van der Waals surface area contributed by atoms with Gasteiger partial charge in [-0.25, -0.2) is 0 Å². The average molecular weight is 235 g/mol. The number of nitrogens with two attached hydrogens (primary N) is 1. The lowest BCUT2D eigenvalue weighted by atomic mass is 9.89. The molecule has 88 valence electrons. The summed E-state index contributed by atoms with van der Waals surface area (Å²) >= 11 is 1.93. The summed E-state index contributed by atoms with van der Waals surface area (Å²) in [5.41, 5.74) is 9.29. The summed E-state index contributed by atoms with van der Waals surface area (Å²) in [5.74, 6) is 1.91. The minimum Gasteiger partial charge on any atom is -0.324 e. The van der Waals surface area contributed by atoms with Gasteiger partial charge in [0.15, 0.2) is 0 Å². The SMILES string of the molecule is CSCCC1CCCc2ccccc2C1N. The van der Waals surface area contributed by atoms with Gasteiger partial charge in [-0.15, -0.1) is 0 Å². The fraction of sp³-hybridized carbons (Fsp3) is 0.571. The summed E-state index contributed by atoms with van der Waals surface area (Å²) in [6, 6.07) is 8.97. The Bertz CT molecular complexity index is 335. The van der Waals surface area contributed by atoms with E-state index in [0.717, 1.165) is 0 Å². The molecule has 16 heavy (non-hydrogen) atoms. The number of fused-ring (bicyclic) bond motifs is 1. The maximum absolute atomic E-state index is 6.42. The molecule has 2 N–H and O–H groups in total. The third-order valence-electron chi connectivity index (χ3n) is 3.64. The van der Waals surface area contributed by atoms with Gasteiger partial charge in [-0.3, -0.25) is 0 Å². The third kappa shape index (κ3) is 2.61. The first-order chi connectivity index (χ1) is 7.83. The molecule has 2 atom stereocenters. The van der Waals surface area contributed by atoms with E-state index < -0.39 is 0 Å². The highest BCUT2D eigenvalue weighted by molar-refractivity contribution is 7.98. The van der Waals surface area contributed by atoms with Crippen LogP contribution in [0.4, 0.5) is 0 Å². The van der Waals surface area contributed by atoms with E-state index in [1.54, 1.807) is 0 Å². The second-order valence-corrected chi connectivity index (χ2v) is 5.64. The average Bonchev–Trinajstić information content (AvgIpc) is 2.47. The molecule has 0 fully saturated rings. The quantitative estimate of drug-likeness (QED) is 0.813. The molecule has 2 unspecified atom stereocenters. The second-order valence-electron chi connectivity index (χ2n) is 4.66. The van der Waals surface area contributed by atoms with Crippen LogP contribution in [0.1, 0.15) is 36.4 Å². The molecule has 2 rings (SSSR count). The zero-order valence-electron chi connectivity index (χ0n) is 9.99. The highest BCUT2D eigenvalue weighted by Crippen LogP contribution is 2.33. The molecular formula is C14H21NS. The molecule has 0 amide bonds. The Labute approximate surface area is 103 Å². The van der Waals surface area contributed by atoms with Crippen molar-refractivity contribution in [2.75, 3.05) is 12.0 Å². The van der Waals surface area contributed by atoms with Gasteiger partial charge in [-0.1, -0.05) is 24.3 Å². The van der Waals surface area contributed by atoms with Crippen LogP contribution < -0.4 is 5.73 Å². The van der Waals surface area contributed by atoms with Crippen LogP contribution in [-0.2, 0) is 6.42 Å². The van der Waals surface area contributed by atoms with Crippen molar-refractivity contribution < 1.29 is 0 Å². The van der Waals surface area contributed by atoms with Crippen molar-refractivity contribution in [1.82, 2.24) is 0 Å². The molecule has 1 nitrogen and oxygen atoms in total. The van der Waals surface area contributed by atoms with Gasteiger partial charge in [-0.2, -0.15) is 11.8 Å². The molecule has 1 aromatic carbocycles. The predicted octanol–water partition coefficient (Wildman–Crippen LogP) is 3.39. The van der Waals surface area contributed by atoms with E-state index in [-0.39, 0.29) is 6.04 Å². The van der Waals surface area contributed by atoms with Gasteiger partial charge < -0.3 is 5.73 Å². The van der Waals surface area contributed by atoms with Gasteiger partial charge in [0, 0.05) is 6.04 Å². The van der Waals surface area contributed by atoms with Crippen LogP contribution in [-0.4, -0.2) is 12.0 Å². The second kappa shape index (κ2) is 5.74. The van der Waals surface area contributed by atoms with E-state index in [9.17, 15) is 0 Å². The molecule has 0 aromatic heterocycles. The van der Waals surface area contributed by atoms with Crippen LogP contribution in [0, 0.1) is 5.92 Å². The molecule has 0 bridgehead atoms. The Hall–Kier alpha value is -0.470. The number of aryl methyl sites for hydroxylation is 1. The predicted molar refractivity (Wildman–Crippen MR) is 72.8 cm³/mol. The lowest BCUT2D eigenvalue weighted by Crippen LogP contribution is -2.21. The Morgan fingerprint density at radius 2 is 2.19 bits per heavy atom. The monoisotopic (exact) mass is 235 g/mol. The summed E-state index contributed by atoms with van der Waals surface area (Å²) in [5, 5.41) is 0. The number of thioether (sulfide) groups is 1. The van der Waals surface area contributed by atoms with Crippen molar-refractivity contribution >= 4 is 11.8 Å². The number of hydrogen-bond donors (Lipinski definition) is 1.